The van der Waals surface area contributed by atoms with Crippen molar-refractivity contribution in [1.29, 1.82) is 0 Å². The summed E-state index contributed by atoms with van der Waals surface area (Å²) in [5.74, 6) is 0.332. The lowest BCUT2D eigenvalue weighted by Crippen LogP contribution is -2.42. The van der Waals surface area contributed by atoms with E-state index in [1.165, 1.54) is 5.20 Å². The van der Waals surface area contributed by atoms with Crippen molar-refractivity contribution < 1.29 is 4.74 Å². The number of ether oxygens (including phenoxy) is 1. The van der Waals surface area contributed by atoms with E-state index >= 15 is 0 Å². The van der Waals surface area contributed by atoms with Crippen LogP contribution in [0.5, 0.6) is 0 Å². The molecule has 0 aromatic heterocycles. The maximum Gasteiger partial charge on any atom is 0.0773 e. The molecular formula is C14H25ClOSi. The van der Waals surface area contributed by atoms with Gasteiger partial charge in [0.15, 0.2) is 0 Å². The Morgan fingerprint density at radius 1 is 1.35 bits per heavy atom. The van der Waals surface area contributed by atoms with Gasteiger partial charge in [-0.15, -0.1) is 6.58 Å². The molecule has 1 aliphatic heterocycles. The molecule has 0 unspecified atom stereocenters. The summed E-state index contributed by atoms with van der Waals surface area (Å²) in [6.45, 7) is 15.1. The maximum atomic E-state index is 6.59. The highest BCUT2D eigenvalue weighted by Crippen LogP contribution is 2.39. The number of halogens is 1. The molecule has 0 aromatic carbocycles. The average Bonchev–Trinajstić information content (AvgIpc) is 2.20. The molecule has 0 fully saturated rings. The number of hydrogen-bond acceptors (Lipinski definition) is 1. The maximum absolute atomic E-state index is 6.59. The monoisotopic (exact) mass is 272 g/mol. The smallest absolute Gasteiger partial charge is 0.0773 e. The Hall–Kier alpha value is -0.0531. The van der Waals surface area contributed by atoms with Gasteiger partial charge in [-0.3, -0.25) is 0 Å². The van der Waals surface area contributed by atoms with Crippen molar-refractivity contribution in [2.45, 2.75) is 58.5 Å². The lowest BCUT2D eigenvalue weighted by Gasteiger charge is -2.40. The van der Waals surface area contributed by atoms with Gasteiger partial charge in [-0.1, -0.05) is 44.2 Å². The molecular weight excluding hydrogens is 248 g/mol. The highest BCUT2D eigenvalue weighted by molar-refractivity contribution is 6.84. The predicted octanol–water partition coefficient (Wildman–Crippen LogP) is 4.75. The zero-order chi connectivity index (χ0) is 13.2. The number of hydrogen-bond donors (Lipinski definition) is 0. The van der Waals surface area contributed by atoms with E-state index in [1.54, 1.807) is 0 Å². The quantitative estimate of drug-likeness (QED) is 0.530. The minimum atomic E-state index is -1.42. The molecule has 0 spiro atoms. The Labute approximate surface area is 112 Å². The highest BCUT2D eigenvalue weighted by atomic mass is 35.5. The Balaban J connectivity index is 3.06. The van der Waals surface area contributed by atoms with Gasteiger partial charge in [0.1, 0.15) is 0 Å². The molecule has 1 rings (SSSR count). The third kappa shape index (κ3) is 3.46. The van der Waals surface area contributed by atoms with E-state index < -0.39 is 8.07 Å². The second-order valence-corrected chi connectivity index (χ2v) is 11.4. The fraction of sp³-hybridized carbons (Fsp3) is 0.714. The largest absolute Gasteiger partial charge is 0.371 e. The fourth-order valence-electron chi connectivity index (χ4n) is 2.37. The zero-order valence-electron chi connectivity index (χ0n) is 11.7. The second kappa shape index (κ2) is 5.72. The molecule has 0 bridgehead atoms. The Bertz CT molecular complexity index is 317. The van der Waals surface area contributed by atoms with E-state index in [1.807, 2.05) is 6.08 Å². The van der Waals surface area contributed by atoms with Crippen LogP contribution in [-0.2, 0) is 4.74 Å². The van der Waals surface area contributed by atoms with Crippen molar-refractivity contribution in [3.8, 4) is 0 Å². The van der Waals surface area contributed by atoms with E-state index in [2.05, 4.69) is 40.1 Å². The summed E-state index contributed by atoms with van der Waals surface area (Å²) in [5.41, 5.74) is 0. The third-order valence-electron chi connectivity index (χ3n) is 3.50. The number of allylic oxidation sites excluding steroid dienone is 1. The van der Waals surface area contributed by atoms with E-state index in [0.29, 0.717) is 5.92 Å². The molecule has 0 aliphatic carbocycles. The van der Waals surface area contributed by atoms with E-state index in [4.69, 9.17) is 16.3 Å². The first kappa shape index (κ1) is 15.0. The minimum Gasteiger partial charge on any atom is -0.371 e. The van der Waals surface area contributed by atoms with Crippen molar-refractivity contribution in [3.63, 3.8) is 0 Å². The van der Waals surface area contributed by atoms with Gasteiger partial charge in [0, 0.05) is 11.0 Å². The zero-order valence-corrected chi connectivity index (χ0v) is 13.5. The van der Waals surface area contributed by atoms with Gasteiger partial charge in [-0.2, -0.15) is 0 Å². The van der Waals surface area contributed by atoms with Crippen molar-refractivity contribution in [2.75, 3.05) is 0 Å². The molecule has 3 atom stereocenters. The van der Waals surface area contributed by atoms with Crippen molar-refractivity contribution >= 4 is 19.7 Å². The molecule has 0 saturated carbocycles. The average molecular weight is 273 g/mol. The van der Waals surface area contributed by atoms with Gasteiger partial charge >= 0.3 is 0 Å². The molecule has 3 heteroatoms. The van der Waals surface area contributed by atoms with Gasteiger partial charge in [0.2, 0.25) is 0 Å². The van der Waals surface area contributed by atoms with Crippen LogP contribution in [0.4, 0.5) is 0 Å². The van der Waals surface area contributed by atoms with Crippen LogP contribution in [0.15, 0.2) is 22.9 Å². The standard InChI is InChI=1S/C14H25ClOSi/c1-7-8-9-12-14(17(4,5)6)13(15)10(2)11(3)16-12/h7,10-12H,1,8-9H2,2-6H3/t10-,11-,12+/m0/s1. The molecule has 17 heavy (non-hydrogen) atoms. The molecule has 0 aromatic rings. The second-order valence-electron chi connectivity index (χ2n) is 6.00. The first-order chi connectivity index (χ1) is 7.79. The van der Waals surface area contributed by atoms with Crippen molar-refractivity contribution in [3.05, 3.63) is 22.9 Å². The molecule has 0 saturated heterocycles. The molecule has 0 radical (unpaired) electrons. The van der Waals surface area contributed by atoms with E-state index in [9.17, 15) is 0 Å². The predicted molar refractivity (Wildman–Crippen MR) is 79.2 cm³/mol. The van der Waals surface area contributed by atoms with Gasteiger partial charge in [-0.05, 0) is 25.0 Å². The topological polar surface area (TPSA) is 9.23 Å². The molecule has 0 N–H and O–H groups in total. The molecule has 1 nitrogen and oxygen atoms in total. The van der Waals surface area contributed by atoms with Gasteiger partial charge in [-0.25, -0.2) is 0 Å². The lowest BCUT2D eigenvalue weighted by molar-refractivity contribution is -0.0144. The van der Waals surface area contributed by atoms with Crippen LogP contribution in [0.3, 0.4) is 0 Å². The molecule has 1 heterocycles. The van der Waals surface area contributed by atoms with Crippen LogP contribution in [0.1, 0.15) is 26.7 Å². The fourth-order valence-corrected chi connectivity index (χ4v) is 5.64. The van der Waals surface area contributed by atoms with Gasteiger partial charge in [0.05, 0.1) is 20.3 Å². The van der Waals surface area contributed by atoms with E-state index in [0.717, 1.165) is 17.9 Å². The molecule has 98 valence electrons. The van der Waals surface area contributed by atoms with Crippen LogP contribution in [0.2, 0.25) is 19.6 Å². The first-order valence-electron chi connectivity index (χ1n) is 6.45. The molecule has 0 amide bonds. The first-order valence-corrected chi connectivity index (χ1v) is 10.3. The summed E-state index contributed by atoms with van der Waals surface area (Å²) < 4.78 is 6.15. The minimum absolute atomic E-state index is 0.207. The van der Waals surface area contributed by atoms with Crippen molar-refractivity contribution in [1.82, 2.24) is 0 Å². The summed E-state index contributed by atoms with van der Waals surface area (Å²) in [4.78, 5) is 0. The molecule has 1 aliphatic rings. The summed E-state index contributed by atoms with van der Waals surface area (Å²) in [7, 11) is -1.42. The van der Waals surface area contributed by atoms with Crippen LogP contribution >= 0.6 is 11.6 Å². The Kier molecular flexibility index (Phi) is 5.05. The van der Waals surface area contributed by atoms with Gasteiger partial charge < -0.3 is 4.74 Å². The lowest BCUT2D eigenvalue weighted by atomic mass is 9.99. The Morgan fingerprint density at radius 2 is 1.94 bits per heavy atom. The van der Waals surface area contributed by atoms with Gasteiger partial charge in [0.25, 0.3) is 0 Å². The summed E-state index contributed by atoms with van der Waals surface area (Å²) in [6, 6.07) is 0. The van der Waals surface area contributed by atoms with Crippen LogP contribution in [-0.4, -0.2) is 20.3 Å². The summed E-state index contributed by atoms with van der Waals surface area (Å²) >= 11 is 6.59. The number of rotatable bonds is 4. The summed E-state index contributed by atoms with van der Waals surface area (Å²) in [6.07, 6.45) is 4.39. The SMILES string of the molecule is C=CCC[C@H]1O[C@@H](C)[C@H](C)C(Cl)=C1[Si](C)(C)C. The van der Waals surface area contributed by atoms with Crippen LogP contribution in [0, 0.1) is 5.92 Å². The van der Waals surface area contributed by atoms with Crippen LogP contribution in [0.25, 0.3) is 0 Å². The van der Waals surface area contributed by atoms with Crippen LogP contribution < -0.4 is 0 Å². The summed E-state index contributed by atoms with van der Waals surface area (Å²) in [5, 5.41) is 2.48. The van der Waals surface area contributed by atoms with Crippen molar-refractivity contribution in [2.24, 2.45) is 5.92 Å². The third-order valence-corrected chi connectivity index (χ3v) is 6.42. The van der Waals surface area contributed by atoms with E-state index in [-0.39, 0.29) is 12.2 Å². The highest BCUT2D eigenvalue weighted by Gasteiger charge is 2.37. The normalized spacial score (nSPS) is 30.6. The Morgan fingerprint density at radius 3 is 2.41 bits per heavy atom.